The van der Waals surface area contributed by atoms with Gasteiger partial charge in [0, 0.05) is 26.3 Å². The van der Waals surface area contributed by atoms with Crippen LogP contribution in [0.25, 0.3) is 0 Å². The lowest BCUT2D eigenvalue weighted by Gasteiger charge is -2.50. The summed E-state index contributed by atoms with van der Waals surface area (Å²) in [5, 5.41) is 0. The van der Waals surface area contributed by atoms with Gasteiger partial charge in [-0.25, -0.2) is 4.79 Å². The number of methoxy groups -OCH3 is 1. The molecule has 3 fully saturated rings. The molecule has 3 heterocycles. The fourth-order valence-electron chi connectivity index (χ4n) is 6.75. The topological polar surface area (TPSA) is 179 Å². The zero-order valence-corrected chi connectivity index (χ0v) is 32.4. The van der Waals surface area contributed by atoms with E-state index in [0.717, 1.165) is 12.5 Å². The molecule has 58 heavy (non-hydrogen) atoms. The summed E-state index contributed by atoms with van der Waals surface area (Å²) in [5.41, 5.74) is 0.953. The summed E-state index contributed by atoms with van der Waals surface area (Å²) in [6, 6.07) is 24.0. The van der Waals surface area contributed by atoms with E-state index in [1.807, 2.05) is 30.3 Å². The molecule has 3 aromatic carbocycles. The molecule has 3 aliphatic heterocycles. The van der Waals surface area contributed by atoms with Crippen molar-refractivity contribution in [1.29, 1.82) is 0 Å². The summed E-state index contributed by atoms with van der Waals surface area (Å²) in [6.45, 7) is 6.88. The van der Waals surface area contributed by atoms with Crippen LogP contribution >= 0.6 is 0 Å². The first-order chi connectivity index (χ1) is 28.0. The van der Waals surface area contributed by atoms with Gasteiger partial charge in [0.05, 0.1) is 25.9 Å². The highest BCUT2D eigenvalue weighted by Gasteiger charge is 2.58. The van der Waals surface area contributed by atoms with Gasteiger partial charge >= 0.3 is 23.9 Å². The van der Waals surface area contributed by atoms with Gasteiger partial charge in [-0.2, -0.15) is 0 Å². The SMILES string of the molecule is C=CCO[C@@H]1[C@@H](OC(=O)c2ccccc2)[C@H](O[C@@H]2[C@@H](OC(C)=O)[C@H](Oc3ccc(OC)cc3)O[C@H](COC(C)=O)[C@H]2OC(C)=O)O[C@@H]2COC(c3ccccc3)O[C@@H]12. The molecule has 0 bridgehead atoms. The molecule has 0 aromatic heterocycles. The lowest BCUT2D eigenvalue weighted by Crippen LogP contribution is -2.68. The third-order valence-corrected chi connectivity index (χ3v) is 9.26. The van der Waals surface area contributed by atoms with Crippen molar-refractivity contribution in [3.05, 3.63) is 109 Å². The molecule has 16 heteroatoms. The highest BCUT2D eigenvalue weighted by molar-refractivity contribution is 5.89. The summed E-state index contributed by atoms with van der Waals surface area (Å²) in [5.74, 6) is -2.12. The van der Waals surface area contributed by atoms with Gasteiger partial charge in [-0.3, -0.25) is 14.4 Å². The molecule has 11 atom stereocenters. The van der Waals surface area contributed by atoms with Crippen molar-refractivity contribution in [3.8, 4) is 11.5 Å². The number of hydrogen-bond acceptors (Lipinski definition) is 16. The molecule has 0 saturated carbocycles. The molecule has 0 N–H and O–H groups in total. The minimum atomic E-state index is -1.53. The summed E-state index contributed by atoms with van der Waals surface area (Å²) in [4.78, 5) is 51.4. The van der Waals surface area contributed by atoms with Crippen LogP contribution in [0.1, 0.15) is 43.0 Å². The Morgan fingerprint density at radius 3 is 1.98 bits per heavy atom. The van der Waals surface area contributed by atoms with E-state index in [1.165, 1.54) is 27.0 Å². The predicted molar refractivity (Wildman–Crippen MR) is 199 cm³/mol. The lowest BCUT2D eigenvalue weighted by atomic mass is 9.95. The quantitative estimate of drug-likeness (QED) is 0.121. The minimum absolute atomic E-state index is 0.00582. The molecule has 310 valence electrons. The molecule has 1 unspecified atom stereocenters. The monoisotopic (exact) mass is 806 g/mol. The Morgan fingerprint density at radius 2 is 1.34 bits per heavy atom. The number of carbonyl (C=O) groups is 4. The van der Waals surface area contributed by atoms with Gasteiger partial charge in [-0.15, -0.1) is 6.58 Å². The maximum Gasteiger partial charge on any atom is 0.338 e. The molecule has 3 saturated heterocycles. The van der Waals surface area contributed by atoms with Crippen LogP contribution in [-0.2, 0) is 61.8 Å². The van der Waals surface area contributed by atoms with E-state index in [1.54, 1.807) is 54.6 Å². The van der Waals surface area contributed by atoms with Crippen molar-refractivity contribution >= 4 is 23.9 Å². The molecule has 0 amide bonds. The van der Waals surface area contributed by atoms with Crippen molar-refractivity contribution in [1.82, 2.24) is 0 Å². The van der Waals surface area contributed by atoms with Gasteiger partial charge in [0.2, 0.25) is 6.29 Å². The van der Waals surface area contributed by atoms with Crippen LogP contribution in [0.4, 0.5) is 0 Å². The number of esters is 4. The average molecular weight is 807 g/mol. The molecule has 3 aliphatic rings. The van der Waals surface area contributed by atoms with Crippen LogP contribution < -0.4 is 9.47 Å². The normalized spacial score (nSPS) is 29.1. The summed E-state index contributed by atoms with van der Waals surface area (Å²) >= 11 is 0. The molecule has 16 nitrogen and oxygen atoms in total. The number of rotatable bonds is 15. The van der Waals surface area contributed by atoms with Crippen LogP contribution in [0.15, 0.2) is 97.6 Å². The lowest BCUT2D eigenvalue weighted by molar-refractivity contribution is -0.385. The third-order valence-electron chi connectivity index (χ3n) is 9.26. The van der Waals surface area contributed by atoms with Gasteiger partial charge in [-0.05, 0) is 36.4 Å². The molecule has 0 aliphatic carbocycles. The van der Waals surface area contributed by atoms with Crippen LogP contribution in [0, 0.1) is 0 Å². The number of ether oxygens (including phenoxy) is 12. The average Bonchev–Trinajstić information content (AvgIpc) is 3.22. The zero-order valence-electron chi connectivity index (χ0n) is 32.4. The van der Waals surface area contributed by atoms with E-state index in [2.05, 4.69) is 6.58 Å². The Morgan fingerprint density at radius 1 is 0.707 bits per heavy atom. The number of benzene rings is 3. The Balaban J connectivity index is 1.41. The third kappa shape index (κ3) is 10.6. The first-order valence-corrected chi connectivity index (χ1v) is 18.6. The van der Waals surface area contributed by atoms with Gasteiger partial charge in [0.15, 0.2) is 30.9 Å². The van der Waals surface area contributed by atoms with Gasteiger partial charge in [-0.1, -0.05) is 54.6 Å². The fourth-order valence-corrected chi connectivity index (χ4v) is 6.75. The highest BCUT2D eigenvalue weighted by Crippen LogP contribution is 2.39. The van der Waals surface area contributed by atoms with Crippen molar-refractivity contribution in [2.45, 2.75) is 88.5 Å². The van der Waals surface area contributed by atoms with Crippen molar-refractivity contribution < 1.29 is 76.0 Å². The molecule has 3 aromatic rings. The van der Waals surface area contributed by atoms with E-state index in [9.17, 15) is 19.2 Å². The largest absolute Gasteiger partial charge is 0.497 e. The Hall–Kier alpha value is -5.36. The maximum absolute atomic E-state index is 13.8. The van der Waals surface area contributed by atoms with Crippen LogP contribution in [-0.4, -0.2) is 112 Å². The molecular formula is C42H46O16. The van der Waals surface area contributed by atoms with E-state index in [-0.39, 0.29) is 24.5 Å². The molecule has 0 radical (unpaired) electrons. The first kappa shape index (κ1) is 42.3. The van der Waals surface area contributed by atoms with E-state index >= 15 is 0 Å². The molecule has 6 rings (SSSR count). The second kappa shape index (κ2) is 19.9. The first-order valence-electron chi connectivity index (χ1n) is 18.6. The number of fused-ring (bicyclic) bond motifs is 1. The Bertz CT molecular complexity index is 1840. The van der Waals surface area contributed by atoms with E-state index < -0.39 is 98.2 Å². The van der Waals surface area contributed by atoms with E-state index in [0.29, 0.717) is 5.75 Å². The van der Waals surface area contributed by atoms with Crippen LogP contribution in [0.3, 0.4) is 0 Å². The van der Waals surface area contributed by atoms with Gasteiger partial charge in [0.1, 0.15) is 48.6 Å². The Kier molecular flexibility index (Phi) is 14.5. The van der Waals surface area contributed by atoms with Crippen LogP contribution in [0.2, 0.25) is 0 Å². The van der Waals surface area contributed by atoms with Crippen molar-refractivity contribution in [3.63, 3.8) is 0 Å². The standard InChI is InChI=1S/C42H46O16/c1-6-21-48-35-33-32(23-50-40(57-33)28-15-11-8-12-16-28)55-42(37(35)56-39(46)27-13-9-7-10-14-27)58-36-34(51-25(3)44)31(22-49-24(2)43)54-41(38(36)52-26(4)45)53-30-19-17-29(47-5)18-20-30/h6-20,31-38,40-42H,1,21-23H2,2-5H3/t31-,32-,33-,34-,35+,36+,37-,38-,40?,41-,42+/m1/s1. The van der Waals surface area contributed by atoms with Crippen molar-refractivity contribution in [2.75, 3.05) is 26.9 Å². The number of carbonyl (C=O) groups excluding carboxylic acids is 4. The maximum atomic E-state index is 13.8. The van der Waals surface area contributed by atoms with Crippen LogP contribution in [0.5, 0.6) is 11.5 Å². The predicted octanol–water partition coefficient (Wildman–Crippen LogP) is 4.25. The summed E-state index contributed by atoms with van der Waals surface area (Å²) in [7, 11) is 1.51. The second-order valence-corrected chi connectivity index (χ2v) is 13.4. The molecular weight excluding hydrogens is 760 g/mol. The minimum Gasteiger partial charge on any atom is -0.497 e. The number of hydrogen-bond donors (Lipinski definition) is 0. The van der Waals surface area contributed by atoms with Gasteiger partial charge < -0.3 is 56.8 Å². The second-order valence-electron chi connectivity index (χ2n) is 13.4. The summed E-state index contributed by atoms with van der Waals surface area (Å²) < 4.78 is 73.0. The fraction of sp³-hybridized carbons (Fsp3) is 0.429. The molecule has 0 spiro atoms. The van der Waals surface area contributed by atoms with Crippen molar-refractivity contribution in [2.24, 2.45) is 0 Å². The smallest absolute Gasteiger partial charge is 0.338 e. The highest BCUT2D eigenvalue weighted by atomic mass is 16.8. The zero-order chi connectivity index (χ0) is 41.2. The Labute approximate surface area is 335 Å². The van der Waals surface area contributed by atoms with Gasteiger partial charge in [0.25, 0.3) is 0 Å². The summed E-state index contributed by atoms with van der Waals surface area (Å²) in [6.07, 6.45) is -12.1. The van der Waals surface area contributed by atoms with E-state index in [4.69, 9.17) is 56.8 Å².